The average Bonchev–Trinajstić information content (AvgIpc) is 2.98. The van der Waals surface area contributed by atoms with Gasteiger partial charge in [-0.2, -0.15) is 13.2 Å². The number of nitrogens with zero attached hydrogens (tertiary/aromatic N) is 2. The molecule has 2 N–H and O–H groups in total. The first-order chi connectivity index (χ1) is 20.6. The molecule has 7 nitrogen and oxygen atoms in total. The van der Waals surface area contributed by atoms with Crippen molar-refractivity contribution in [3.05, 3.63) is 122 Å². The SMILES string of the molecule is CN[C@@H](CCn1c(=O)c(-c2ccccc2)c(C)n(Cc2c(F)cccc2C(F)(F)F)c1=O)c1ccccc1OCCCO. The van der Waals surface area contributed by atoms with Gasteiger partial charge in [0.1, 0.15) is 11.6 Å². The first kappa shape index (κ1) is 31.7. The summed E-state index contributed by atoms with van der Waals surface area (Å²) in [5.41, 5.74) is -1.81. The summed E-state index contributed by atoms with van der Waals surface area (Å²) in [6.45, 7) is 0.935. The molecule has 0 spiro atoms. The highest BCUT2D eigenvalue weighted by molar-refractivity contribution is 5.64. The lowest BCUT2D eigenvalue weighted by molar-refractivity contribution is -0.138. The molecule has 43 heavy (non-hydrogen) atoms. The lowest BCUT2D eigenvalue weighted by atomic mass is 10.0. The quantitative estimate of drug-likeness (QED) is 0.171. The van der Waals surface area contributed by atoms with E-state index in [0.29, 0.717) is 24.3 Å². The maximum absolute atomic E-state index is 14.9. The number of benzene rings is 3. The van der Waals surface area contributed by atoms with Crippen molar-refractivity contribution in [2.75, 3.05) is 20.3 Å². The van der Waals surface area contributed by atoms with Gasteiger partial charge in [-0.05, 0) is 44.2 Å². The van der Waals surface area contributed by atoms with Crippen LogP contribution in [-0.2, 0) is 19.3 Å². The van der Waals surface area contributed by atoms with E-state index in [1.54, 1.807) is 49.5 Å². The summed E-state index contributed by atoms with van der Waals surface area (Å²) in [4.78, 5) is 27.6. The molecule has 0 amide bonds. The Hall–Kier alpha value is -4.22. The van der Waals surface area contributed by atoms with E-state index in [2.05, 4.69) is 5.32 Å². The first-order valence-corrected chi connectivity index (χ1v) is 13.8. The summed E-state index contributed by atoms with van der Waals surface area (Å²) in [5, 5.41) is 12.3. The second kappa shape index (κ2) is 13.8. The number of aromatic nitrogens is 2. The van der Waals surface area contributed by atoms with Gasteiger partial charge >= 0.3 is 11.9 Å². The van der Waals surface area contributed by atoms with E-state index < -0.39 is 40.9 Å². The normalized spacial score (nSPS) is 12.3. The topological polar surface area (TPSA) is 85.5 Å². The number of nitrogens with one attached hydrogen (secondary N) is 1. The molecule has 1 atom stereocenters. The molecular weight excluding hydrogens is 566 g/mol. The van der Waals surface area contributed by atoms with Crippen molar-refractivity contribution in [1.82, 2.24) is 14.5 Å². The molecule has 0 aliphatic heterocycles. The van der Waals surface area contributed by atoms with Gasteiger partial charge in [0.25, 0.3) is 5.56 Å². The van der Waals surface area contributed by atoms with Crippen LogP contribution >= 0.6 is 0 Å². The first-order valence-electron chi connectivity index (χ1n) is 13.8. The van der Waals surface area contributed by atoms with E-state index in [0.717, 1.165) is 32.9 Å². The van der Waals surface area contributed by atoms with Gasteiger partial charge in [-0.25, -0.2) is 9.18 Å². The standard InChI is InChI=1S/C32H33F4N3O4/c1-21-29(22-10-4-3-5-11-22)30(41)38(17-16-27(37-2)23-12-6-7-15-28(23)43-19-9-18-40)31(42)39(21)20-24-25(32(34,35)36)13-8-14-26(24)33/h3-8,10-15,27,37,40H,9,16-20H2,1-2H3/t27-/m0/s1. The second-order valence-corrected chi connectivity index (χ2v) is 10.0. The summed E-state index contributed by atoms with van der Waals surface area (Å²) < 4.78 is 64.2. The van der Waals surface area contributed by atoms with E-state index in [1.807, 2.05) is 12.1 Å². The molecule has 1 heterocycles. The summed E-state index contributed by atoms with van der Waals surface area (Å²) in [5.74, 6) is -0.527. The van der Waals surface area contributed by atoms with Crippen molar-refractivity contribution >= 4 is 0 Å². The number of aliphatic hydroxyl groups excluding tert-OH is 1. The molecule has 1 aromatic heterocycles. The zero-order valence-electron chi connectivity index (χ0n) is 23.8. The van der Waals surface area contributed by atoms with E-state index in [-0.39, 0.29) is 36.9 Å². The van der Waals surface area contributed by atoms with Gasteiger partial charge < -0.3 is 15.2 Å². The Morgan fingerprint density at radius 2 is 1.65 bits per heavy atom. The molecule has 0 saturated carbocycles. The Bertz CT molecular complexity index is 1670. The van der Waals surface area contributed by atoms with Gasteiger partial charge in [0, 0.05) is 42.4 Å². The Kier molecular flexibility index (Phi) is 10.2. The average molecular weight is 600 g/mol. The highest BCUT2D eigenvalue weighted by Gasteiger charge is 2.35. The monoisotopic (exact) mass is 599 g/mol. The van der Waals surface area contributed by atoms with Crippen LogP contribution in [0.5, 0.6) is 5.75 Å². The number of hydrogen-bond acceptors (Lipinski definition) is 5. The van der Waals surface area contributed by atoms with Gasteiger partial charge in [-0.3, -0.25) is 13.9 Å². The number of rotatable bonds is 12. The third kappa shape index (κ3) is 7.06. The Balaban J connectivity index is 1.81. The Labute approximate surface area is 246 Å². The molecule has 3 aromatic carbocycles. The molecule has 0 unspecified atom stereocenters. The highest BCUT2D eigenvalue weighted by atomic mass is 19.4. The van der Waals surface area contributed by atoms with Crippen LogP contribution in [0, 0.1) is 12.7 Å². The number of halogens is 4. The van der Waals surface area contributed by atoms with Crippen molar-refractivity contribution < 1.29 is 27.4 Å². The predicted molar refractivity (Wildman–Crippen MR) is 156 cm³/mol. The van der Waals surface area contributed by atoms with E-state index in [4.69, 9.17) is 9.84 Å². The molecule has 0 bridgehead atoms. The van der Waals surface area contributed by atoms with Gasteiger partial charge in [0.15, 0.2) is 0 Å². The summed E-state index contributed by atoms with van der Waals surface area (Å²) >= 11 is 0. The van der Waals surface area contributed by atoms with Crippen LogP contribution in [0.25, 0.3) is 11.1 Å². The highest BCUT2D eigenvalue weighted by Crippen LogP contribution is 2.34. The minimum atomic E-state index is -4.85. The molecule has 0 aliphatic rings. The number of alkyl halides is 3. The fourth-order valence-corrected chi connectivity index (χ4v) is 5.12. The Morgan fingerprint density at radius 3 is 2.33 bits per heavy atom. The molecule has 11 heteroatoms. The summed E-state index contributed by atoms with van der Waals surface area (Å²) in [7, 11) is 1.72. The predicted octanol–water partition coefficient (Wildman–Crippen LogP) is 5.30. The number of ether oxygens (including phenoxy) is 1. The van der Waals surface area contributed by atoms with Gasteiger partial charge in [-0.1, -0.05) is 54.6 Å². The van der Waals surface area contributed by atoms with Crippen molar-refractivity contribution in [3.63, 3.8) is 0 Å². The van der Waals surface area contributed by atoms with Gasteiger partial charge in [0.2, 0.25) is 0 Å². The zero-order valence-corrected chi connectivity index (χ0v) is 23.8. The van der Waals surface area contributed by atoms with Crippen LogP contribution in [0.15, 0.2) is 82.4 Å². The van der Waals surface area contributed by atoms with Crippen LogP contribution in [0.3, 0.4) is 0 Å². The number of hydrogen-bond donors (Lipinski definition) is 2. The summed E-state index contributed by atoms with van der Waals surface area (Å²) in [6.07, 6.45) is -4.16. The van der Waals surface area contributed by atoms with Gasteiger partial charge in [0.05, 0.1) is 24.3 Å². The van der Waals surface area contributed by atoms with Gasteiger partial charge in [-0.15, -0.1) is 0 Å². The third-order valence-corrected chi connectivity index (χ3v) is 7.33. The maximum atomic E-state index is 14.9. The van der Waals surface area contributed by atoms with Crippen LogP contribution in [0.4, 0.5) is 17.6 Å². The van der Waals surface area contributed by atoms with Crippen LogP contribution < -0.4 is 21.3 Å². The molecule has 228 valence electrons. The smallest absolute Gasteiger partial charge is 0.416 e. The largest absolute Gasteiger partial charge is 0.493 e. The van der Waals surface area contributed by atoms with Crippen molar-refractivity contribution in [3.8, 4) is 16.9 Å². The third-order valence-electron chi connectivity index (χ3n) is 7.33. The fourth-order valence-electron chi connectivity index (χ4n) is 5.12. The van der Waals surface area contributed by atoms with Crippen LogP contribution in [0.1, 0.15) is 41.3 Å². The molecule has 0 radical (unpaired) electrons. The molecule has 0 aliphatic carbocycles. The minimum absolute atomic E-state index is 0.0265. The van der Waals surface area contributed by atoms with E-state index in [9.17, 15) is 27.2 Å². The Morgan fingerprint density at radius 1 is 0.953 bits per heavy atom. The second-order valence-electron chi connectivity index (χ2n) is 10.0. The van der Waals surface area contributed by atoms with Crippen LogP contribution in [0.2, 0.25) is 0 Å². The van der Waals surface area contributed by atoms with Crippen molar-refractivity contribution in [2.45, 2.75) is 45.1 Å². The summed E-state index contributed by atoms with van der Waals surface area (Å²) in [6, 6.07) is 18.0. The number of para-hydroxylation sites is 1. The molecule has 4 rings (SSSR count). The van der Waals surface area contributed by atoms with Crippen LogP contribution in [-0.4, -0.2) is 34.5 Å². The maximum Gasteiger partial charge on any atom is 0.416 e. The molecular formula is C32H33F4N3O4. The number of aliphatic hydroxyl groups is 1. The lowest BCUT2D eigenvalue weighted by Crippen LogP contribution is -2.43. The molecule has 0 fully saturated rings. The van der Waals surface area contributed by atoms with Crippen molar-refractivity contribution in [2.24, 2.45) is 0 Å². The molecule has 0 saturated heterocycles. The minimum Gasteiger partial charge on any atom is -0.493 e. The zero-order chi connectivity index (χ0) is 31.1. The molecule has 4 aromatic rings. The van der Waals surface area contributed by atoms with E-state index in [1.165, 1.54) is 6.92 Å². The lowest BCUT2D eigenvalue weighted by Gasteiger charge is -2.22. The fraction of sp³-hybridized carbons (Fsp3) is 0.312. The van der Waals surface area contributed by atoms with E-state index >= 15 is 0 Å². The van der Waals surface area contributed by atoms with Crippen molar-refractivity contribution in [1.29, 1.82) is 0 Å².